The molecule has 2 N–H and O–H groups in total. The predicted molar refractivity (Wildman–Crippen MR) is 88.1 cm³/mol. The Kier molecular flexibility index (Phi) is 6.18. The number of nitrogens with zero attached hydrogens (tertiary/aromatic N) is 2. The molecule has 0 radical (unpaired) electrons. The van der Waals surface area contributed by atoms with Gasteiger partial charge < -0.3 is 15.5 Å². The van der Waals surface area contributed by atoms with Gasteiger partial charge in [-0.3, -0.25) is 0 Å². The molecule has 0 spiro atoms. The summed E-state index contributed by atoms with van der Waals surface area (Å²) in [5.74, 6) is 0. The largest absolute Gasteiger partial charge is 0.323 e. The molecule has 114 valence electrons. The van der Waals surface area contributed by atoms with Crippen LogP contribution in [0.15, 0.2) is 24.3 Å². The molecular formula is C17H31N3. The number of nitrogens with two attached hydrogens (primary N) is 1. The number of rotatable bonds is 6. The fourth-order valence-electron chi connectivity index (χ4n) is 2.13. The van der Waals surface area contributed by atoms with Gasteiger partial charge in [0.05, 0.1) is 0 Å². The van der Waals surface area contributed by atoms with Gasteiger partial charge in [-0.1, -0.05) is 45.0 Å². The van der Waals surface area contributed by atoms with Crippen LogP contribution in [0.5, 0.6) is 0 Å². The maximum Gasteiger partial charge on any atom is 0.0424 e. The summed E-state index contributed by atoms with van der Waals surface area (Å²) >= 11 is 0. The third kappa shape index (κ3) is 5.61. The highest BCUT2D eigenvalue weighted by molar-refractivity contribution is 5.29. The van der Waals surface area contributed by atoms with Gasteiger partial charge in [-0.05, 0) is 37.7 Å². The Morgan fingerprint density at radius 3 is 2.00 bits per heavy atom. The van der Waals surface area contributed by atoms with Gasteiger partial charge >= 0.3 is 0 Å². The van der Waals surface area contributed by atoms with E-state index in [0.29, 0.717) is 0 Å². The Balaban J connectivity index is 2.57. The second kappa shape index (κ2) is 7.21. The number of benzene rings is 1. The SMILES string of the molecule is CN(C)CCN(C)CC(N)c1ccc(C(C)(C)C)cc1. The lowest BCUT2D eigenvalue weighted by Gasteiger charge is -2.24. The van der Waals surface area contributed by atoms with E-state index >= 15 is 0 Å². The van der Waals surface area contributed by atoms with Crippen molar-refractivity contribution in [3.8, 4) is 0 Å². The molecule has 0 aliphatic carbocycles. The van der Waals surface area contributed by atoms with Crippen molar-refractivity contribution in [1.29, 1.82) is 0 Å². The molecule has 1 rings (SSSR count). The van der Waals surface area contributed by atoms with Gasteiger partial charge in [0.2, 0.25) is 0 Å². The maximum atomic E-state index is 6.31. The molecule has 0 aromatic heterocycles. The van der Waals surface area contributed by atoms with Crippen molar-refractivity contribution in [3.05, 3.63) is 35.4 Å². The first-order chi connectivity index (χ1) is 9.20. The number of hydrogen-bond donors (Lipinski definition) is 1. The Labute approximate surface area is 124 Å². The molecule has 0 saturated carbocycles. The average Bonchev–Trinajstić information content (AvgIpc) is 2.35. The van der Waals surface area contributed by atoms with Crippen LogP contribution in [0.4, 0.5) is 0 Å². The number of likely N-dealkylation sites (N-methyl/N-ethyl adjacent to an activating group) is 2. The zero-order valence-electron chi connectivity index (χ0n) is 14.0. The molecule has 0 amide bonds. The van der Waals surface area contributed by atoms with E-state index in [1.54, 1.807) is 0 Å². The smallest absolute Gasteiger partial charge is 0.0424 e. The Hall–Kier alpha value is -0.900. The molecule has 3 nitrogen and oxygen atoms in total. The monoisotopic (exact) mass is 277 g/mol. The zero-order chi connectivity index (χ0) is 15.3. The molecule has 0 bridgehead atoms. The van der Waals surface area contributed by atoms with Crippen LogP contribution in [-0.4, -0.2) is 50.6 Å². The quantitative estimate of drug-likeness (QED) is 0.867. The molecule has 1 atom stereocenters. The first-order valence-electron chi connectivity index (χ1n) is 7.39. The minimum atomic E-state index is 0.0798. The summed E-state index contributed by atoms with van der Waals surface area (Å²) in [5, 5.41) is 0. The van der Waals surface area contributed by atoms with E-state index in [4.69, 9.17) is 5.73 Å². The molecule has 0 aliphatic rings. The Bertz CT molecular complexity index is 390. The van der Waals surface area contributed by atoms with E-state index < -0.39 is 0 Å². The Morgan fingerprint density at radius 2 is 1.55 bits per heavy atom. The normalized spacial score (nSPS) is 14.1. The van der Waals surface area contributed by atoms with Gasteiger partial charge in [0.1, 0.15) is 0 Å². The van der Waals surface area contributed by atoms with Crippen molar-refractivity contribution in [2.75, 3.05) is 40.8 Å². The van der Waals surface area contributed by atoms with Gasteiger partial charge in [0, 0.05) is 25.7 Å². The lowest BCUT2D eigenvalue weighted by atomic mass is 9.86. The highest BCUT2D eigenvalue weighted by atomic mass is 15.2. The fourth-order valence-corrected chi connectivity index (χ4v) is 2.13. The van der Waals surface area contributed by atoms with Crippen molar-refractivity contribution >= 4 is 0 Å². The molecule has 1 unspecified atom stereocenters. The fraction of sp³-hybridized carbons (Fsp3) is 0.647. The summed E-state index contributed by atoms with van der Waals surface area (Å²) in [6.45, 7) is 9.69. The second-order valence-corrected chi connectivity index (χ2v) is 7.04. The van der Waals surface area contributed by atoms with Crippen LogP contribution in [0.3, 0.4) is 0 Å². The predicted octanol–water partition coefficient (Wildman–Crippen LogP) is 2.48. The summed E-state index contributed by atoms with van der Waals surface area (Å²) in [6.07, 6.45) is 0. The van der Waals surface area contributed by atoms with E-state index in [0.717, 1.165) is 19.6 Å². The molecule has 0 fully saturated rings. The summed E-state index contributed by atoms with van der Waals surface area (Å²) in [4.78, 5) is 4.49. The van der Waals surface area contributed by atoms with Crippen LogP contribution in [-0.2, 0) is 5.41 Å². The maximum absolute atomic E-state index is 6.31. The molecule has 3 heteroatoms. The number of hydrogen-bond acceptors (Lipinski definition) is 3. The van der Waals surface area contributed by atoms with Crippen molar-refractivity contribution in [3.63, 3.8) is 0 Å². The van der Waals surface area contributed by atoms with Gasteiger partial charge in [-0.15, -0.1) is 0 Å². The first-order valence-corrected chi connectivity index (χ1v) is 7.39. The van der Waals surface area contributed by atoms with E-state index in [1.807, 2.05) is 0 Å². The summed E-state index contributed by atoms with van der Waals surface area (Å²) in [5.41, 5.74) is 9.08. The van der Waals surface area contributed by atoms with Crippen LogP contribution in [0.1, 0.15) is 37.9 Å². The van der Waals surface area contributed by atoms with Crippen LogP contribution < -0.4 is 5.73 Å². The zero-order valence-corrected chi connectivity index (χ0v) is 14.0. The van der Waals surface area contributed by atoms with Gasteiger partial charge in [0.15, 0.2) is 0 Å². The second-order valence-electron chi connectivity index (χ2n) is 7.04. The topological polar surface area (TPSA) is 32.5 Å². The molecule has 0 saturated heterocycles. The average molecular weight is 277 g/mol. The molecule has 1 aromatic rings. The van der Waals surface area contributed by atoms with Crippen LogP contribution >= 0.6 is 0 Å². The standard InChI is InChI=1S/C17H31N3/c1-17(2,3)15-9-7-14(8-10-15)16(18)13-20(6)12-11-19(4)5/h7-10,16H,11-13,18H2,1-6H3. The highest BCUT2D eigenvalue weighted by Crippen LogP contribution is 2.23. The summed E-state index contributed by atoms with van der Waals surface area (Å²) in [6, 6.07) is 8.83. The Morgan fingerprint density at radius 1 is 1.00 bits per heavy atom. The molecular weight excluding hydrogens is 246 g/mol. The van der Waals surface area contributed by atoms with Crippen molar-refractivity contribution < 1.29 is 0 Å². The lowest BCUT2D eigenvalue weighted by molar-refractivity contribution is 0.269. The van der Waals surface area contributed by atoms with Gasteiger partial charge in [-0.2, -0.15) is 0 Å². The highest BCUT2D eigenvalue weighted by Gasteiger charge is 2.14. The van der Waals surface area contributed by atoms with Crippen LogP contribution in [0, 0.1) is 0 Å². The third-order valence-corrected chi connectivity index (χ3v) is 3.64. The lowest BCUT2D eigenvalue weighted by Crippen LogP contribution is -2.34. The van der Waals surface area contributed by atoms with Crippen LogP contribution in [0.25, 0.3) is 0 Å². The van der Waals surface area contributed by atoms with E-state index in [-0.39, 0.29) is 11.5 Å². The van der Waals surface area contributed by atoms with E-state index in [2.05, 4.69) is 76.0 Å². The van der Waals surface area contributed by atoms with Gasteiger partial charge in [-0.25, -0.2) is 0 Å². The van der Waals surface area contributed by atoms with Crippen molar-refractivity contribution in [1.82, 2.24) is 9.80 Å². The summed E-state index contributed by atoms with van der Waals surface area (Å²) < 4.78 is 0. The molecule has 0 aliphatic heterocycles. The summed E-state index contributed by atoms with van der Waals surface area (Å²) in [7, 11) is 6.32. The first kappa shape index (κ1) is 17.2. The van der Waals surface area contributed by atoms with Gasteiger partial charge in [0.25, 0.3) is 0 Å². The van der Waals surface area contributed by atoms with Crippen molar-refractivity contribution in [2.45, 2.75) is 32.2 Å². The third-order valence-electron chi connectivity index (χ3n) is 3.64. The molecule has 0 heterocycles. The van der Waals surface area contributed by atoms with Crippen molar-refractivity contribution in [2.24, 2.45) is 5.73 Å². The van der Waals surface area contributed by atoms with E-state index in [9.17, 15) is 0 Å². The molecule has 20 heavy (non-hydrogen) atoms. The minimum Gasteiger partial charge on any atom is -0.323 e. The minimum absolute atomic E-state index is 0.0798. The van der Waals surface area contributed by atoms with E-state index in [1.165, 1.54) is 11.1 Å². The van der Waals surface area contributed by atoms with Crippen LogP contribution in [0.2, 0.25) is 0 Å². The molecule has 1 aromatic carbocycles.